The van der Waals surface area contributed by atoms with Gasteiger partial charge >= 0.3 is 0 Å². The van der Waals surface area contributed by atoms with E-state index in [4.69, 9.17) is 4.74 Å². The number of rotatable bonds is 8. The molecule has 4 aromatic rings. The van der Waals surface area contributed by atoms with Crippen molar-refractivity contribution in [3.63, 3.8) is 0 Å². The molecular formula is C30H33FN4O. The van der Waals surface area contributed by atoms with Gasteiger partial charge in [0.1, 0.15) is 5.82 Å². The van der Waals surface area contributed by atoms with Crippen molar-refractivity contribution in [2.45, 2.75) is 45.1 Å². The average Bonchev–Trinajstić information content (AvgIpc) is 3.27. The Morgan fingerprint density at radius 1 is 0.944 bits per heavy atom. The number of aryl methyl sites for hydroxylation is 1. The molecule has 0 spiro atoms. The van der Waals surface area contributed by atoms with E-state index in [1.165, 1.54) is 34.8 Å². The summed E-state index contributed by atoms with van der Waals surface area (Å²) in [6.45, 7) is 7.36. The normalized spacial score (nSPS) is 21.2. The fraction of sp³-hybridized carbons (Fsp3) is 0.333. The van der Waals surface area contributed by atoms with Crippen LogP contribution in [0, 0.1) is 18.7 Å². The van der Waals surface area contributed by atoms with Crippen molar-refractivity contribution in [3.05, 3.63) is 102 Å². The molecule has 2 aromatic heterocycles. The first kappa shape index (κ1) is 24.2. The highest BCUT2D eigenvalue weighted by molar-refractivity contribution is 5.63. The van der Waals surface area contributed by atoms with Gasteiger partial charge in [-0.1, -0.05) is 43.7 Å². The standard InChI is InChI=1S/C30H33FN4O/c1-5-25-28(21-12-15-24(16-13-21)34(6-2)23-10-8-7-9-11-23)30(36-4)29(25)26-19-35(33-20(26)3)27-17-14-22(31)18-32-27/h7-19,25,28-30H,5-6H2,1-4H3. The Bertz CT molecular complexity index is 1280. The van der Waals surface area contributed by atoms with E-state index in [1.807, 2.05) is 19.2 Å². The van der Waals surface area contributed by atoms with Crippen molar-refractivity contribution >= 4 is 11.4 Å². The Morgan fingerprint density at radius 3 is 2.28 bits per heavy atom. The minimum absolute atomic E-state index is 0.0646. The molecule has 5 nitrogen and oxygen atoms in total. The summed E-state index contributed by atoms with van der Waals surface area (Å²) < 4.78 is 21.2. The van der Waals surface area contributed by atoms with Crippen LogP contribution >= 0.6 is 0 Å². The second kappa shape index (κ2) is 10.2. The van der Waals surface area contributed by atoms with Gasteiger partial charge in [0.2, 0.25) is 0 Å². The van der Waals surface area contributed by atoms with Crippen LogP contribution in [0.4, 0.5) is 15.8 Å². The summed E-state index contributed by atoms with van der Waals surface area (Å²) in [5, 5.41) is 4.69. The topological polar surface area (TPSA) is 43.2 Å². The van der Waals surface area contributed by atoms with Gasteiger partial charge in [0.25, 0.3) is 0 Å². The maximum atomic E-state index is 13.3. The highest BCUT2D eigenvalue weighted by Crippen LogP contribution is 2.56. The number of aromatic nitrogens is 3. The summed E-state index contributed by atoms with van der Waals surface area (Å²) in [6, 6.07) is 22.5. The molecule has 1 aliphatic rings. The Morgan fingerprint density at radius 2 is 1.67 bits per heavy atom. The van der Waals surface area contributed by atoms with Gasteiger partial charge in [-0.05, 0) is 67.3 Å². The van der Waals surface area contributed by atoms with Crippen LogP contribution in [0.5, 0.6) is 0 Å². The van der Waals surface area contributed by atoms with Crippen molar-refractivity contribution in [1.82, 2.24) is 14.8 Å². The van der Waals surface area contributed by atoms with E-state index in [0.29, 0.717) is 17.7 Å². The van der Waals surface area contributed by atoms with Crippen LogP contribution in [-0.4, -0.2) is 34.5 Å². The smallest absolute Gasteiger partial charge is 0.153 e. The largest absolute Gasteiger partial charge is 0.380 e. The SMILES string of the molecule is CCC1C(c2ccc(N(CC)c3ccccc3)cc2)C(OC)C1c1cn(-c2ccc(F)cn2)nc1C. The third-order valence-electron chi connectivity index (χ3n) is 7.59. The molecule has 0 amide bonds. The maximum absolute atomic E-state index is 13.3. The summed E-state index contributed by atoms with van der Waals surface area (Å²) >= 11 is 0. The van der Waals surface area contributed by atoms with E-state index >= 15 is 0 Å². The van der Waals surface area contributed by atoms with E-state index in [-0.39, 0.29) is 17.8 Å². The lowest BCUT2D eigenvalue weighted by molar-refractivity contribution is -0.0521. The van der Waals surface area contributed by atoms with E-state index in [0.717, 1.165) is 18.7 Å². The lowest BCUT2D eigenvalue weighted by Gasteiger charge is -2.51. The molecule has 2 aromatic carbocycles. The molecule has 0 aliphatic heterocycles. The van der Waals surface area contributed by atoms with Gasteiger partial charge in [0.05, 0.1) is 18.0 Å². The summed E-state index contributed by atoms with van der Waals surface area (Å²) in [6.07, 6.45) is 4.36. The van der Waals surface area contributed by atoms with Crippen LogP contribution < -0.4 is 4.90 Å². The van der Waals surface area contributed by atoms with Crippen LogP contribution in [0.1, 0.15) is 48.9 Å². The maximum Gasteiger partial charge on any atom is 0.153 e. The minimum atomic E-state index is -0.355. The predicted octanol–water partition coefficient (Wildman–Crippen LogP) is 6.80. The van der Waals surface area contributed by atoms with Crippen LogP contribution in [0.25, 0.3) is 5.82 Å². The first-order valence-corrected chi connectivity index (χ1v) is 12.7. The number of para-hydroxylation sites is 1. The summed E-state index contributed by atoms with van der Waals surface area (Å²) in [5.74, 6) is 1.26. The summed E-state index contributed by atoms with van der Waals surface area (Å²) in [5.41, 5.74) is 5.83. The van der Waals surface area contributed by atoms with Crippen LogP contribution in [0.3, 0.4) is 0 Å². The number of hydrogen-bond donors (Lipinski definition) is 0. The van der Waals surface area contributed by atoms with Crippen molar-refractivity contribution in [1.29, 1.82) is 0 Å². The van der Waals surface area contributed by atoms with Gasteiger partial charge in [-0.2, -0.15) is 5.10 Å². The number of hydrogen-bond acceptors (Lipinski definition) is 4. The molecule has 1 saturated carbocycles. The fourth-order valence-electron chi connectivity index (χ4n) is 5.85. The molecule has 36 heavy (non-hydrogen) atoms. The zero-order valence-corrected chi connectivity index (χ0v) is 21.3. The molecule has 2 heterocycles. The zero-order chi connectivity index (χ0) is 25.2. The van der Waals surface area contributed by atoms with Crippen molar-refractivity contribution in [3.8, 4) is 5.82 Å². The van der Waals surface area contributed by atoms with E-state index < -0.39 is 0 Å². The van der Waals surface area contributed by atoms with Gasteiger partial charge in [0.15, 0.2) is 5.82 Å². The number of nitrogens with zero attached hydrogens (tertiary/aromatic N) is 4. The molecule has 0 radical (unpaired) electrons. The number of anilines is 2. The van der Waals surface area contributed by atoms with Gasteiger partial charge < -0.3 is 9.64 Å². The van der Waals surface area contributed by atoms with E-state index in [1.54, 1.807) is 17.9 Å². The quantitative estimate of drug-likeness (QED) is 0.276. The van der Waals surface area contributed by atoms with Crippen LogP contribution in [0.2, 0.25) is 0 Å². The van der Waals surface area contributed by atoms with Gasteiger partial charge in [-0.15, -0.1) is 0 Å². The monoisotopic (exact) mass is 484 g/mol. The molecule has 186 valence electrons. The lowest BCUT2D eigenvalue weighted by Crippen LogP contribution is -2.48. The lowest BCUT2D eigenvalue weighted by atomic mass is 9.56. The Balaban J connectivity index is 1.40. The second-order valence-electron chi connectivity index (χ2n) is 9.44. The number of pyridine rings is 1. The number of benzene rings is 2. The molecule has 4 atom stereocenters. The Labute approximate surface area is 212 Å². The van der Waals surface area contributed by atoms with Crippen LogP contribution in [-0.2, 0) is 4.74 Å². The van der Waals surface area contributed by atoms with Crippen LogP contribution in [0.15, 0.2) is 79.1 Å². The molecule has 1 fully saturated rings. The van der Waals surface area contributed by atoms with Gasteiger partial charge in [-0.25, -0.2) is 14.1 Å². The van der Waals surface area contributed by atoms with Crippen molar-refractivity contribution in [2.75, 3.05) is 18.6 Å². The van der Waals surface area contributed by atoms with Crippen molar-refractivity contribution < 1.29 is 9.13 Å². The van der Waals surface area contributed by atoms with Crippen molar-refractivity contribution in [2.24, 2.45) is 5.92 Å². The highest BCUT2D eigenvalue weighted by atomic mass is 19.1. The Kier molecular flexibility index (Phi) is 6.88. The van der Waals surface area contributed by atoms with Gasteiger partial charge in [0, 0.05) is 43.1 Å². The third kappa shape index (κ3) is 4.30. The molecule has 0 saturated heterocycles. The molecule has 1 aliphatic carbocycles. The highest BCUT2D eigenvalue weighted by Gasteiger charge is 2.52. The van der Waals surface area contributed by atoms with Gasteiger partial charge in [-0.3, -0.25) is 0 Å². The molecular weight excluding hydrogens is 451 g/mol. The third-order valence-corrected chi connectivity index (χ3v) is 7.59. The fourth-order valence-corrected chi connectivity index (χ4v) is 5.85. The first-order chi connectivity index (χ1) is 17.5. The van der Waals surface area contributed by atoms with E-state index in [9.17, 15) is 4.39 Å². The molecule has 5 rings (SSSR count). The van der Waals surface area contributed by atoms with E-state index in [2.05, 4.69) is 77.4 Å². The second-order valence-corrected chi connectivity index (χ2v) is 9.44. The summed E-state index contributed by atoms with van der Waals surface area (Å²) in [4.78, 5) is 6.51. The number of ether oxygens (including phenoxy) is 1. The predicted molar refractivity (Wildman–Crippen MR) is 142 cm³/mol. The number of halogens is 1. The molecule has 4 unspecified atom stereocenters. The first-order valence-electron chi connectivity index (χ1n) is 12.7. The Hall–Kier alpha value is -3.51. The average molecular weight is 485 g/mol. The minimum Gasteiger partial charge on any atom is -0.380 e. The molecule has 0 N–H and O–H groups in total. The molecule has 0 bridgehead atoms. The molecule has 6 heteroatoms. The zero-order valence-electron chi connectivity index (χ0n) is 21.3. The number of methoxy groups -OCH3 is 1. The summed E-state index contributed by atoms with van der Waals surface area (Å²) in [7, 11) is 1.81.